The van der Waals surface area contributed by atoms with Crippen molar-refractivity contribution >= 4 is 17.5 Å². The zero-order valence-corrected chi connectivity index (χ0v) is 9.95. The van der Waals surface area contributed by atoms with Gasteiger partial charge in [0.1, 0.15) is 6.61 Å². The lowest BCUT2D eigenvalue weighted by molar-refractivity contribution is -0.120. The molecular weight excluding hydrogens is 220 g/mol. The summed E-state index contributed by atoms with van der Waals surface area (Å²) >= 11 is 0. The first kappa shape index (κ1) is 13.2. The number of anilines is 1. The van der Waals surface area contributed by atoms with E-state index in [1.807, 2.05) is 0 Å². The van der Waals surface area contributed by atoms with E-state index in [0.717, 1.165) is 5.56 Å². The van der Waals surface area contributed by atoms with Gasteiger partial charge in [0.25, 0.3) is 0 Å². The van der Waals surface area contributed by atoms with Crippen molar-refractivity contribution in [2.75, 3.05) is 26.1 Å². The number of methoxy groups -OCH3 is 1. The maximum Gasteiger partial charge on any atom is 0.250 e. The van der Waals surface area contributed by atoms with E-state index in [-0.39, 0.29) is 18.4 Å². The second-order valence-corrected chi connectivity index (χ2v) is 3.53. The van der Waals surface area contributed by atoms with Gasteiger partial charge in [0.2, 0.25) is 11.8 Å². The second-order valence-electron chi connectivity index (χ2n) is 3.53. The molecule has 2 N–H and O–H groups in total. The summed E-state index contributed by atoms with van der Waals surface area (Å²) in [6, 6.07) is 7.12. The number of carbonyl (C=O) groups is 2. The fourth-order valence-electron chi connectivity index (χ4n) is 1.31. The Labute approximate surface area is 100 Å². The SMILES string of the molecule is CNC(=O)Cc1ccc(NC(=O)COC)cc1. The van der Waals surface area contributed by atoms with Crippen LogP contribution in [0.1, 0.15) is 5.56 Å². The molecule has 0 fully saturated rings. The van der Waals surface area contributed by atoms with Gasteiger partial charge in [0.15, 0.2) is 0 Å². The van der Waals surface area contributed by atoms with E-state index in [4.69, 9.17) is 4.74 Å². The summed E-state index contributed by atoms with van der Waals surface area (Å²) in [4.78, 5) is 22.4. The molecule has 0 unspecified atom stereocenters. The molecule has 0 aliphatic rings. The summed E-state index contributed by atoms with van der Waals surface area (Å²) in [5.41, 5.74) is 1.58. The van der Waals surface area contributed by atoms with Gasteiger partial charge in [-0.1, -0.05) is 12.1 Å². The van der Waals surface area contributed by atoms with Crippen molar-refractivity contribution in [3.8, 4) is 0 Å². The molecule has 5 nitrogen and oxygen atoms in total. The standard InChI is InChI=1S/C12H16N2O3/c1-13-11(15)7-9-3-5-10(6-4-9)14-12(16)8-17-2/h3-6H,7-8H2,1-2H3,(H,13,15)(H,14,16). The Hall–Kier alpha value is -1.88. The van der Waals surface area contributed by atoms with Crippen LogP contribution in [-0.2, 0) is 20.7 Å². The van der Waals surface area contributed by atoms with E-state index in [9.17, 15) is 9.59 Å². The molecule has 0 heterocycles. The molecule has 92 valence electrons. The van der Waals surface area contributed by atoms with E-state index >= 15 is 0 Å². The molecule has 0 aliphatic heterocycles. The molecule has 1 rings (SSSR count). The van der Waals surface area contributed by atoms with Gasteiger partial charge in [-0.2, -0.15) is 0 Å². The van der Waals surface area contributed by atoms with Crippen molar-refractivity contribution < 1.29 is 14.3 Å². The van der Waals surface area contributed by atoms with Gasteiger partial charge in [0.05, 0.1) is 6.42 Å². The van der Waals surface area contributed by atoms with Crippen LogP contribution in [0.15, 0.2) is 24.3 Å². The van der Waals surface area contributed by atoms with Crippen LogP contribution in [0.5, 0.6) is 0 Å². The van der Waals surface area contributed by atoms with Gasteiger partial charge >= 0.3 is 0 Å². The van der Waals surface area contributed by atoms with Gasteiger partial charge in [-0.05, 0) is 17.7 Å². The third kappa shape index (κ3) is 4.65. The van der Waals surface area contributed by atoms with Gasteiger partial charge in [-0.3, -0.25) is 9.59 Å². The minimum atomic E-state index is -0.202. The number of hydrogen-bond acceptors (Lipinski definition) is 3. The first-order valence-electron chi connectivity index (χ1n) is 5.24. The normalized spacial score (nSPS) is 9.76. The molecule has 0 spiro atoms. The summed E-state index contributed by atoms with van der Waals surface area (Å²) in [5, 5.41) is 5.22. The number of amides is 2. The molecular formula is C12H16N2O3. The maximum atomic E-state index is 11.2. The van der Waals surface area contributed by atoms with E-state index in [2.05, 4.69) is 10.6 Å². The molecule has 0 radical (unpaired) electrons. The van der Waals surface area contributed by atoms with Gasteiger partial charge in [0, 0.05) is 19.8 Å². The molecule has 2 amide bonds. The zero-order valence-electron chi connectivity index (χ0n) is 9.95. The maximum absolute atomic E-state index is 11.2. The lowest BCUT2D eigenvalue weighted by atomic mass is 10.1. The third-order valence-corrected chi connectivity index (χ3v) is 2.16. The summed E-state index contributed by atoms with van der Waals surface area (Å²) < 4.78 is 4.70. The number of carbonyl (C=O) groups excluding carboxylic acids is 2. The van der Waals surface area contributed by atoms with Crippen LogP contribution < -0.4 is 10.6 Å². The van der Waals surface area contributed by atoms with Crippen LogP contribution in [0.3, 0.4) is 0 Å². The Bertz CT molecular complexity index is 387. The highest BCUT2D eigenvalue weighted by atomic mass is 16.5. The predicted molar refractivity (Wildman–Crippen MR) is 64.7 cm³/mol. The molecule has 1 aromatic rings. The topological polar surface area (TPSA) is 67.4 Å². The van der Waals surface area contributed by atoms with Crippen LogP contribution in [0, 0.1) is 0 Å². The molecule has 1 aromatic carbocycles. The highest BCUT2D eigenvalue weighted by molar-refractivity contribution is 5.91. The van der Waals surface area contributed by atoms with E-state index < -0.39 is 0 Å². The summed E-state index contributed by atoms with van der Waals surface area (Å²) in [7, 11) is 3.06. The van der Waals surface area contributed by atoms with Crippen molar-refractivity contribution in [1.29, 1.82) is 0 Å². The Morgan fingerprint density at radius 3 is 2.35 bits per heavy atom. The summed E-state index contributed by atoms with van der Waals surface area (Å²) in [5.74, 6) is -0.243. The molecule has 0 aromatic heterocycles. The molecule has 5 heteroatoms. The quantitative estimate of drug-likeness (QED) is 0.785. The lowest BCUT2D eigenvalue weighted by Gasteiger charge is -2.05. The van der Waals surface area contributed by atoms with Crippen LogP contribution in [-0.4, -0.2) is 32.6 Å². The highest BCUT2D eigenvalue weighted by Gasteiger charge is 2.03. The average molecular weight is 236 g/mol. The fraction of sp³-hybridized carbons (Fsp3) is 0.333. The van der Waals surface area contributed by atoms with Crippen molar-refractivity contribution in [3.05, 3.63) is 29.8 Å². The summed E-state index contributed by atoms with van der Waals surface area (Å²) in [6.07, 6.45) is 0.336. The molecule has 0 saturated heterocycles. The molecule has 0 atom stereocenters. The minimum absolute atomic E-state index is 0.0278. The van der Waals surface area contributed by atoms with Crippen molar-refractivity contribution in [3.63, 3.8) is 0 Å². The second kappa shape index (κ2) is 6.65. The Balaban J connectivity index is 2.55. The van der Waals surface area contributed by atoms with Crippen LogP contribution in [0.4, 0.5) is 5.69 Å². The smallest absolute Gasteiger partial charge is 0.250 e. The molecule has 0 aliphatic carbocycles. The predicted octanol–water partition coefficient (Wildman–Crippen LogP) is 0.560. The number of nitrogens with one attached hydrogen (secondary N) is 2. The van der Waals surface area contributed by atoms with E-state index in [1.54, 1.807) is 31.3 Å². The van der Waals surface area contributed by atoms with Crippen molar-refractivity contribution in [2.45, 2.75) is 6.42 Å². The minimum Gasteiger partial charge on any atom is -0.375 e. The number of ether oxygens (including phenoxy) is 1. The largest absolute Gasteiger partial charge is 0.375 e. The number of benzene rings is 1. The number of rotatable bonds is 5. The number of hydrogen-bond donors (Lipinski definition) is 2. The van der Waals surface area contributed by atoms with E-state index in [0.29, 0.717) is 12.1 Å². The van der Waals surface area contributed by atoms with Gasteiger partial charge < -0.3 is 15.4 Å². The monoisotopic (exact) mass is 236 g/mol. The fourth-order valence-corrected chi connectivity index (χ4v) is 1.31. The zero-order chi connectivity index (χ0) is 12.7. The Kier molecular flexibility index (Phi) is 5.16. The third-order valence-electron chi connectivity index (χ3n) is 2.16. The highest BCUT2D eigenvalue weighted by Crippen LogP contribution is 2.09. The Morgan fingerprint density at radius 2 is 1.82 bits per heavy atom. The average Bonchev–Trinajstić information content (AvgIpc) is 2.32. The van der Waals surface area contributed by atoms with Crippen molar-refractivity contribution in [2.24, 2.45) is 0 Å². The molecule has 17 heavy (non-hydrogen) atoms. The lowest BCUT2D eigenvalue weighted by Crippen LogP contribution is -2.20. The summed E-state index contributed by atoms with van der Waals surface area (Å²) in [6.45, 7) is 0.0278. The first-order valence-corrected chi connectivity index (χ1v) is 5.24. The van der Waals surface area contributed by atoms with Crippen LogP contribution in [0.2, 0.25) is 0 Å². The Morgan fingerprint density at radius 1 is 1.18 bits per heavy atom. The number of likely N-dealkylation sites (N-methyl/N-ethyl adjacent to an activating group) is 1. The van der Waals surface area contributed by atoms with Gasteiger partial charge in [-0.15, -0.1) is 0 Å². The van der Waals surface area contributed by atoms with Crippen LogP contribution in [0.25, 0.3) is 0 Å². The molecule has 0 bridgehead atoms. The van der Waals surface area contributed by atoms with Crippen LogP contribution >= 0.6 is 0 Å². The van der Waals surface area contributed by atoms with Gasteiger partial charge in [-0.25, -0.2) is 0 Å². The van der Waals surface area contributed by atoms with E-state index in [1.165, 1.54) is 7.11 Å². The van der Waals surface area contributed by atoms with Crippen molar-refractivity contribution in [1.82, 2.24) is 5.32 Å². The molecule has 0 saturated carbocycles. The first-order chi connectivity index (χ1) is 8.15.